The monoisotopic (exact) mass is 313 g/mol. The molecule has 1 aliphatic rings. The number of hydrogen-bond acceptors (Lipinski definition) is 2. The van der Waals surface area contributed by atoms with E-state index < -0.39 is 18.1 Å². The molecule has 0 fully saturated rings. The minimum Gasteiger partial charge on any atom is -0.369 e. The Morgan fingerprint density at radius 3 is 2.73 bits per heavy atom. The van der Waals surface area contributed by atoms with Crippen molar-refractivity contribution in [2.45, 2.75) is 38.6 Å². The molecule has 1 amide bonds. The number of aryl methyl sites for hydroxylation is 2. The zero-order chi connectivity index (χ0) is 16.5. The minimum atomic E-state index is -4.89. The van der Waals surface area contributed by atoms with Crippen LogP contribution in [0.1, 0.15) is 40.8 Å². The summed E-state index contributed by atoms with van der Waals surface area (Å²) in [5, 5.41) is 2.07. The maximum absolute atomic E-state index is 12.5. The summed E-state index contributed by atoms with van der Waals surface area (Å²) in [5.41, 5.74) is 3.45. The van der Waals surface area contributed by atoms with Crippen molar-refractivity contribution in [3.63, 3.8) is 0 Å². The van der Waals surface area contributed by atoms with Crippen LogP contribution >= 0.6 is 0 Å². The molecular weight excluding hydrogens is 295 g/mol. The fourth-order valence-corrected chi connectivity index (χ4v) is 2.91. The third-order valence-electron chi connectivity index (χ3n) is 3.69. The van der Waals surface area contributed by atoms with Gasteiger partial charge in [-0.05, 0) is 30.5 Å². The molecule has 0 heterocycles. The van der Waals surface area contributed by atoms with Crippen molar-refractivity contribution in [2.75, 3.05) is 6.61 Å². The number of benzene rings is 1. The first kappa shape index (κ1) is 16.5. The molecule has 0 radical (unpaired) electrons. The molecule has 0 aliphatic heterocycles. The largest absolute Gasteiger partial charge is 0.471 e. The lowest BCUT2D eigenvalue weighted by Gasteiger charge is -2.16. The lowest BCUT2D eigenvalue weighted by molar-refractivity contribution is -0.174. The van der Waals surface area contributed by atoms with Crippen molar-refractivity contribution < 1.29 is 22.7 Å². The van der Waals surface area contributed by atoms with Gasteiger partial charge in [0.15, 0.2) is 0 Å². The Hall–Kier alpha value is -1.82. The lowest BCUT2D eigenvalue weighted by atomic mass is 9.99. The van der Waals surface area contributed by atoms with Gasteiger partial charge in [0.1, 0.15) is 0 Å². The van der Waals surface area contributed by atoms with Crippen molar-refractivity contribution in [1.82, 2.24) is 5.32 Å². The molecule has 0 bridgehead atoms. The van der Waals surface area contributed by atoms with Crippen molar-refractivity contribution in [1.29, 1.82) is 0 Å². The number of rotatable bonds is 4. The molecule has 1 N–H and O–H groups in total. The molecule has 120 valence electrons. The molecule has 22 heavy (non-hydrogen) atoms. The van der Waals surface area contributed by atoms with Crippen LogP contribution in [-0.4, -0.2) is 18.7 Å². The number of carbonyl (C=O) groups is 1. The Kier molecular flexibility index (Phi) is 4.60. The molecule has 0 saturated carbocycles. The number of hydrogen-bond donors (Lipinski definition) is 1. The van der Waals surface area contributed by atoms with Gasteiger partial charge in [-0.3, -0.25) is 4.79 Å². The minimum absolute atomic E-state index is 0.287. The highest BCUT2D eigenvalue weighted by atomic mass is 19.4. The normalized spacial score (nSPS) is 20.6. The summed E-state index contributed by atoms with van der Waals surface area (Å²) in [6.07, 6.45) is -3.36. The molecule has 0 spiro atoms. The number of nitrogens with one attached hydrogen (secondary N) is 1. The van der Waals surface area contributed by atoms with Gasteiger partial charge in [-0.1, -0.05) is 23.8 Å². The number of amides is 1. The van der Waals surface area contributed by atoms with Gasteiger partial charge in [0, 0.05) is 6.42 Å². The quantitative estimate of drug-likeness (QED) is 0.861. The summed E-state index contributed by atoms with van der Waals surface area (Å²) >= 11 is 0. The van der Waals surface area contributed by atoms with Crippen LogP contribution in [-0.2, 0) is 9.53 Å². The Labute approximate surface area is 127 Å². The molecular formula is C16H18F3NO2. The van der Waals surface area contributed by atoms with E-state index in [0.29, 0.717) is 12.2 Å². The third-order valence-corrected chi connectivity index (χ3v) is 3.69. The highest BCUT2D eigenvalue weighted by molar-refractivity contribution is 5.82. The van der Waals surface area contributed by atoms with Crippen molar-refractivity contribution in [2.24, 2.45) is 0 Å². The molecule has 1 aromatic carbocycles. The topological polar surface area (TPSA) is 38.3 Å². The van der Waals surface area contributed by atoms with Gasteiger partial charge >= 0.3 is 12.1 Å². The van der Waals surface area contributed by atoms with Crippen molar-refractivity contribution in [3.05, 3.63) is 47.0 Å². The second-order valence-electron chi connectivity index (χ2n) is 5.45. The van der Waals surface area contributed by atoms with Gasteiger partial charge < -0.3 is 10.1 Å². The smallest absolute Gasteiger partial charge is 0.369 e. The Bertz CT molecular complexity index is 596. The van der Waals surface area contributed by atoms with Crippen LogP contribution in [0.4, 0.5) is 13.2 Å². The van der Waals surface area contributed by atoms with E-state index in [2.05, 4.69) is 11.9 Å². The summed E-state index contributed by atoms with van der Waals surface area (Å²) < 4.78 is 43.1. The Morgan fingerprint density at radius 1 is 1.45 bits per heavy atom. The third kappa shape index (κ3) is 3.32. The van der Waals surface area contributed by atoms with Crippen LogP contribution in [0.3, 0.4) is 0 Å². The predicted molar refractivity (Wildman–Crippen MR) is 76.4 cm³/mol. The predicted octanol–water partition coefficient (Wildman–Crippen LogP) is 3.67. The summed E-state index contributed by atoms with van der Waals surface area (Å²) in [4.78, 5) is 11.2. The Morgan fingerprint density at radius 2 is 2.14 bits per heavy atom. The second-order valence-corrected chi connectivity index (χ2v) is 5.45. The first-order chi connectivity index (χ1) is 10.2. The number of alkyl halides is 3. The number of halogens is 3. The maximum Gasteiger partial charge on any atom is 0.471 e. The average Bonchev–Trinajstić information content (AvgIpc) is 2.73. The number of ether oxygens (including phenoxy) is 1. The summed E-state index contributed by atoms with van der Waals surface area (Å²) in [7, 11) is 0. The van der Waals surface area contributed by atoms with E-state index in [1.165, 1.54) is 0 Å². The summed E-state index contributed by atoms with van der Waals surface area (Å²) in [6.45, 7) is 7.64. The molecule has 3 nitrogen and oxygen atoms in total. The van der Waals surface area contributed by atoms with Gasteiger partial charge in [0.05, 0.1) is 18.8 Å². The van der Waals surface area contributed by atoms with E-state index in [9.17, 15) is 18.0 Å². The van der Waals surface area contributed by atoms with Crippen LogP contribution in [0.15, 0.2) is 24.8 Å². The van der Waals surface area contributed by atoms with E-state index in [-0.39, 0.29) is 12.5 Å². The average molecular weight is 313 g/mol. The fourth-order valence-electron chi connectivity index (χ4n) is 2.91. The van der Waals surface area contributed by atoms with Crippen LogP contribution in [0.2, 0.25) is 0 Å². The van der Waals surface area contributed by atoms with E-state index in [0.717, 1.165) is 16.7 Å². The lowest BCUT2D eigenvalue weighted by Crippen LogP contribution is -2.38. The first-order valence-corrected chi connectivity index (χ1v) is 6.95. The summed E-state index contributed by atoms with van der Waals surface area (Å²) in [5.74, 6) is -1.92. The van der Waals surface area contributed by atoms with Crippen LogP contribution in [0.25, 0.3) is 0 Å². The Balaban J connectivity index is 2.32. The zero-order valence-electron chi connectivity index (χ0n) is 12.5. The van der Waals surface area contributed by atoms with Crippen LogP contribution in [0.5, 0.6) is 0 Å². The van der Waals surface area contributed by atoms with Gasteiger partial charge in [-0.2, -0.15) is 13.2 Å². The molecule has 1 aliphatic carbocycles. The van der Waals surface area contributed by atoms with Gasteiger partial charge in [0.25, 0.3) is 0 Å². The highest BCUT2D eigenvalue weighted by Gasteiger charge is 2.42. The first-order valence-electron chi connectivity index (χ1n) is 6.95. The van der Waals surface area contributed by atoms with E-state index in [1.54, 1.807) is 12.1 Å². The number of fused-ring (bicyclic) bond motifs is 1. The van der Waals surface area contributed by atoms with Gasteiger partial charge in [-0.25, -0.2) is 0 Å². The van der Waals surface area contributed by atoms with E-state index >= 15 is 0 Å². The summed E-state index contributed by atoms with van der Waals surface area (Å²) in [6, 6.07) is 3.07. The van der Waals surface area contributed by atoms with Crippen LogP contribution < -0.4 is 5.32 Å². The maximum atomic E-state index is 12.5. The van der Waals surface area contributed by atoms with Gasteiger partial charge in [0.2, 0.25) is 0 Å². The fraction of sp³-hybridized carbons (Fsp3) is 0.438. The number of carbonyl (C=O) groups excluding carboxylic acids is 1. The molecule has 1 aromatic rings. The molecule has 0 aromatic heterocycles. The standard InChI is InChI=1S/C16H18F3NO2/c1-4-5-22-13-8-12(20-15(21)16(17,18)19)11-7-9(2)6-10(3)14(11)13/h4,6-7,12-13H,1,5,8H2,2-3H3,(H,20,21)/t12-,13+/m1/s1. The zero-order valence-corrected chi connectivity index (χ0v) is 12.5. The molecule has 6 heteroatoms. The molecule has 0 unspecified atom stereocenters. The second kappa shape index (κ2) is 6.12. The van der Waals surface area contributed by atoms with Crippen molar-refractivity contribution in [3.8, 4) is 0 Å². The molecule has 0 saturated heterocycles. The van der Waals surface area contributed by atoms with Gasteiger partial charge in [-0.15, -0.1) is 6.58 Å². The van der Waals surface area contributed by atoms with E-state index in [4.69, 9.17) is 4.74 Å². The molecule has 2 atom stereocenters. The van der Waals surface area contributed by atoms with Crippen molar-refractivity contribution >= 4 is 5.91 Å². The van der Waals surface area contributed by atoms with E-state index in [1.807, 2.05) is 19.9 Å². The SMILES string of the molecule is C=CCO[C@H]1C[C@@H](NC(=O)C(F)(F)F)c2cc(C)cc(C)c21. The van der Waals surface area contributed by atoms with Crippen LogP contribution in [0, 0.1) is 13.8 Å². The molecule has 2 rings (SSSR count). The highest BCUT2D eigenvalue weighted by Crippen LogP contribution is 2.43.